The summed E-state index contributed by atoms with van der Waals surface area (Å²) in [5.74, 6) is 5.64. The van der Waals surface area contributed by atoms with Crippen LogP contribution in [0, 0.1) is 46.3 Å². The molecule has 0 radical (unpaired) electrons. The van der Waals surface area contributed by atoms with Crippen molar-refractivity contribution in [3.63, 3.8) is 0 Å². The summed E-state index contributed by atoms with van der Waals surface area (Å²) in [6.07, 6.45) is 8.91. The highest BCUT2D eigenvalue weighted by molar-refractivity contribution is 5.06. The number of fused-ring (bicyclic) bond motifs is 4. The van der Waals surface area contributed by atoms with E-state index in [1.807, 2.05) is 0 Å². The van der Waals surface area contributed by atoms with Crippen LogP contribution in [-0.4, -0.2) is 41.6 Å². The number of hydrogen-bond donors (Lipinski definition) is 0. The quantitative estimate of drug-likeness (QED) is 0.633. The third kappa shape index (κ3) is 2.64. The van der Waals surface area contributed by atoms with E-state index in [0.717, 1.165) is 47.6 Å². The predicted molar refractivity (Wildman–Crippen MR) is 113 cm³/mol. The Kier molecular flexibility index (Phi) is 4.35. The van der Waals surface area contributed by atoms with Crippen molar-refractivity contribution in [3.8, 4) is 0 Å². The Labute approximate surface area is 168 Å². The first-order valence-corrected chi connectivity index (χ1v) is 12.2. The summed E-state index contributed by atoms with van der Waals surface area (Å²) in [6, 6.07) is 1.71. The van der Waals surface area contributed by atoms with Gasteiger partial charge >= 0.3 is 0 Å². The van der Waals surface area contributed by atoms with E-state index in [1.165, 1.54) is 58.3 Å². The molecule has 0 spiro atoms. The zero-order valence-corrected chi connectivity index (χ0v) is 18.9. The fourth-order valence-electron chi connectivity index (χ4n) is 9.26. The fourth-order valence-corrected chi connectivity index (χ4v) is 9.26. The van der Waals surface area contributed by atoms with Crippen molar-refractivity contribution in [1.29, 1.82) is 0 Å². The standard InChI is InChI=1S/C25H44N2/c1-16-20-9-7-18(24(20,3)4)13-22(16)26-11-12-27(15-26)23-14-19-8-10-21(17(23)2)25(19,5)6/h16-23H,7-15H2,1-6H3/t16-,17-,18+,19?,20?,21-,22-,23-/m0/s1. The van der Waals surface area contributed by atoms with E-state index in [1.54, 1.807) is 0 Å². The van der Waals surface area contributed by atoms with Gasteiger partial charge in [-0.2, -0.15) is 0 Å². The second-order valence-electron chi connectivity index (χ2n) is 12.5. The van der Waals surface area contributed by atoms with Crippen LogP contribution in [0.4, 0.5) is 0 Å². The highest BCUT2D eigenvalue weighted by atomic mass is 15.4. The van der Waals surface area contributed by atoms with E-state index in [4.69, 9.17) is 0 Å². The molecule has 0 aromatic rings. The molecule has 0 aromatic heterocycles. The normalized spacial score (nSPS) is 51.8. The first kappa shape index (κ1) is 18.9. The zero-order valence-electron chi connectivity index (χ0n) is 18.9. The maximum Gasteiger partial charge on any atom is 0.0512 e. The fraction of sp³-hybridized carbons (Fsp3) is 1.00. The molecule has 5 rings (SSSR count). The molecular formula is C25H44N2. The van der Waals surface area contributed by atoms with Crippen molar-refractivity contribution in [2.24, 2.45) is 46.3 Å². The summed E-state index contributed by atoms with van der Waals surface area (Å²) in [5, 5.41) is 0. The minimum absolute atomic E-state index is 0.595. The molecule has 0 amide bonds. The van der Waals surface area contributed by atoms with E-state index in [9.17, 15) is 0 Å². The molecule has 4 bridgehead atoms. The lowest BCUT2D eigenvalue weighted by molar-refractivity contribution is -0.0231. The van der Waals surface area contributed by atoms with E-state index in [2.05, 4.69) is 51.3 Å². The molecule has 5 aliphatic rings. The summed E-state index contributed by atoms with van der Waals surface area (Å²) in [7, 11) is 0. The van der Waals surface area contributed by atoms with E-state index >= 15 is 0 Å². The van der Waals surface area contributed by atoms with Crippen LogP contribution in [-0.2, 0) is 0 Å². The topological polar surface area (TPSA) is 6.48 Å². The minimum atomic E-state index is 0.595. The lowest BCUT2D eigenvalue weighted by Crippen LogP contribution is -2.52. The van der Waals surface area contributed by atoms with Gasteiger partial charge in [-0.15, -0.1) is 0 Å². The van der Waals surface area contributed by atoms with Gasteiger partial charge in [0.05, 0.1) is 6.67 Å². The van der Waals surface area contributed by atoms with Crippen LogP contribution in [0.3, 0.4) is 0 Å². The van der Waals surface area contributed by atoms with Crippen LogP contribution in [0.15, 0.2) is 0 Å². The van der Waals surface area contributed by atoms with E-state index in [0.29, 0.717) is 10.8 Å². The van der Waals surface area contributed by atoms with Crippen molar-refractivity contribution in [3.05, 3.63) is 0 Å². The van der Waals surface area contributed by atoms with Crippen molar-refractivity contribution in [2.75, 3.05) is 19.8 Å². The van der Waals surface area contributed by atoms with Gasteiger partial charge in [0.15, 0.2) is 0 Å². The van der Waals surface area contributed by atoms with Crippen molar-refractivity contribution >= 4 is 0 Å². The molecule has 1 saturated heterocycles. The summed E-state index contributed by atoms with van der Waals surface area (Å²) < 4.78 is 0. The largest absolute Gasteiger partial charge is 0.286 e. The van der Waals surface area contributed by atoms with Gasteiger partial charge in [0.25, 0.3) is 0 Å². The van der Waals surface area contributed by atoms with Gasteiger partial charge < -0.3 is 0 Å². The van der Waals surface area contributed by atoms with Crippen LogP contribution in [0.1, 0.15) is 80.1 Å². The van der Waals surface area contributed by atoms with Crippen LogP contribution >= 0.6 is 0 Å². The average molecular weight is 373 g/mol. The van der Waals surface area contributed by atoms with E-state index in [-0.39, 0.29) is 0 Å². The smallest absolute Gasteiger partial charge is 0.0512 e. The molecular weight excluding hydrogens is 328 g/mol. The summed E-state index contributed by atoms with van der Waals surface area (Å²) in [6.45, 7) is 19.4. The number of nitrogens with zero attached hydrogens (tertiary/aromatic N) is 2. The van der Waals surface area contributed by atoms with Gasteiger partial charge in [-0.1, -0.05) is 41.5 Å². The molecule has 154 valence electrons. The van der Waals surface area contributed by atoms with Crippen molar-refractivity contribution in [1.82, 2.24) is 9.80 Å². The Morgan fingerprint density at radius 3 is 1.44 bits per heavy atom. The first-order chi connectivity index (χ1) is 12.7. The van der Waals surface area contributed by atoms with Crippen LogP contribution in [0.25, 0.3) is 0 Å². The third-order valence-corrected chi connectivity index (χ3v) is 11.2. The molecule has 2 heteroatoms. The lowest BCUT2D eigenvalue weighted by Gasteiger charge is -2.50. The van der Waals surface area contributed by atoms with Crippen LogP contribution in [0.5, 0.6) is 0 Å². The molecule has 2 nitrogen and oxygen atoms in total. The number of rotatable bonds is 2. The first-order valence-electron chi connectivity index (χ1n) is 12.2. The average Bonchev–Trinajstić information content (AvgIpc) is 3.17. The second-order valence-corrected chi connectivity index (χ2v) is 12.5. The highest BCUT2D eigenvalue weighted by Gasteiger charge is 2.55. The lowest BCUT2D eigenvalue weighted by atomic mass is 9.61. The molecule has 4 aliphatic carbocycles. The molecule has 8 atom stereocenters. The minimum Gasteiger partial charge on any atom is -0.286 e. The summed E-state index contributed by atoms with van der Waals surface area (Å²) in [4.78, 5) is 5.83. The number of hydrogen-bond acceptors (Lipinski definition) is 2. The van der Waals surface area contributed by atoms with Gasteiger partial charge in [0.2, 0.25) is 0 Å². The molecule has 4 saturated carbocycles. The maximum absolute atomic E-state index is 2.92. The zero-order chi connectivity index (χ0) is 19.1. The van der Waals surface area contributed by atoms with Gasteiger partial charge in [-0.05, 0) is 84.9 Å². The van der Waals surface area contributed by atoms with Crippen LogP contribution in [0.2, 0.25) is 0 Å². The summed E-state index contributed by atoms with van der Waals surface area (Å²) >= 11 is 0. The van der Waals surface area contributed by atoms with Gasteiger partial charge in [-0.25, -0.2) is 0 Å². The Morgan fingerprint density at radius 1 is 0.630 bits per heavy atom. The molecule has 5 fully saturated rings. The maximum atomic E-state index is 2.92. The van der Waals surface area contributed by atoms with Gasteiger partial charge in [0, 0.05) is 25.2 Å². The van der Waals surface area contributed by atoms with Gasteiger partial charge in [0.1, 0.15) is 0 Å². The Hall–Kier alpha value is -0.0800. The summed E-state index contributed by atoms with van der Waals surface area (Å²) in [5.41, 5.74) is 1.19. The predicted octanol–water partition coefficient (Wildman–Crippen LogP) is 5.48. The Morgan fingerprint density at radius 2 is 1.04 bits per heavy atom. The van der Waals surface area contributed by atoms with E-state index < -0.39 is 0 Å². The second kappa shape index (κ2) is 6.21. The van der Waals surface area contributed by atoms with Crippen LogP contribution < -0.4 is 0 Å². The highest BCUT2D eigenvalue weighted by Crippen LogP contribution is 2.59. The Bertz CT molecular complexity index is 531. The molecule has 1 aliphatic heterocycles. The Balaban J connectivity index is 1.28. The molecule has 27 heavy (non-hydrogen) atoms. The SMILES string of the molecule is C[C@@H]1[C@@H](N2CCN([C@H]3C[C@H]4CCC([C@@H]3C)C4(C)C)C2)CC2CC[C@@H]1C2(C)C. The monoisotopic (exact) mass is 372 g/mol. The molecule has 2 unspecified atom stereocenters. The molecule has 0 N–H and O–H groups in total. The molecule has 1 heterocycles. The molecule has 0 aromatic carbocycles. The van der Waals surface area contributed by atoms with Gasteiger partial charge in [-0.3, -0.25) is 9.80 Å². The van der Waals surface area contributed by atoms with Crippen molar-refractivity contribution < 1.29 is 0 Å². The third-order valence-electron chi connectivity index (χ3n) is 11.2. The van der Waals surface area contributed by atoms with Crippen molar-refractivity contribution in [2.45, 2.75) is 92.2 Å².